The molecule has 0 aliphatic heterocycles. The molecule has 0 amide bonds. The second-order valence-electron chi connectivity index (χ2n) is 3.33. The second-order valence-corrected chi connectivity index (χ2v) is 5.25. The van der Waals surface area contributed by atoms with Crippen LogP contribution in [0.5, 0.6) is 0 Å². The average Bonchev–Trinajstić information content (AvgIpc) is 2.65. The Bertz CT molecular complexity index is 450. The van der Waals surface area contributed by atoms with Crippen molar-refractivity contribution in [1.82, 2.24) is 0 Å². The van der Waals surface area contributed by atoms with E-state index in [9.17, 15) is 0 Å². The maximum absolute atomic E-state index is 9.14. The van der Waals surface area contributed by atoms with E-state index in [1.165, 1.54) is 11.1 Å². The number of benzene rings is 1. The topological polar surface area (TPSA) is 20.2 Å². The summed E-state index contributed by atoms with van der Waals surface area (Å²) >= 11 is 5.07. The molecular weight excluding hydrogens is 272 g/mol. The predicted octanol–water partition coefficient (Wildman–Crippen LogP) is 3.59. The first-order valence-electron chi connectivity index (χ1n) is 4.70. The highest BCUT2D eigenvalue weighted by atomic mass is 79.9. The van der Waals surface area contributed by atoms with Crippen LogP contribution < -0.4 is 0 Å². The summed E-state index contributed by atoms with van der Waals surface area (Å²) in [6.45, 7) is 0.140. The van der Waals surface area contributed by atoms with E-state index >= 15 is 0 Å². The number of halogens is 1. The van der Waals surface area contributed by atoms with Gasteiger partial charge in [-0.3, -0.25) is 0 Å². The number of aliphatic hydroxyl groups excluding tert-OH is 1. The fourth-order valence-electron chi connectivity index (χ4n) is 1.53. The molecule has 0 aliphatic rings. The highest BCUT2D eigenvalue weighted by Crippen LogP contribution is 2.21. The van der Waals surface area contributed by atoms with Gasteiger partial charge in [-0.2, -0.15) is 0 Å². The highest BCUT2D eigenvalue weighted by molar-refractivity contribution is 9.10. The van der Waals surface area contributed by atoms with Crippen molar-refractivity contribution >= 4 is 27.3 Å². The molecule has 1 nitrogen and oxygen atoms in total. The molecule has 0 radical (unpaired) electrons. The second kappa shape index (κ2) is 4.92. The number of aliphatic hydroxyl groups is 1. The van der Waals surface area contributed by atoms with Crippen molar-refractivity contribution in [3.05, 3.63) is 56.2 Å². The van der Waals surface area contributed by atoms with E-state index in [-0.39, 0.29) is 6.61 Å². The molecule has 0 unspecified atom stereocenters. The summed E-state index contributed by atoms with van der Waals surface area (Å²) in [4.78, 5) is 1.06. The van der Waals surface area contributed by atoms with Crippen LogP contribution in [-0.2, 0) is 13.0 Å². The summed E-state index contributed by atoms with van der Waals surface area (Å²) in [5.74, 6) is 0. The van der Waals surface area contributed by atoms with Crippen LogP contribution in [0.1, 0.15) is 16.0 Å². The standard InChI is InChI=1S/C12H11BrOS/c13-11-3-1-2-9(7-11)6-10-4-5-15-12(10)8-14/h1-5,7,14H,6,8H2. The summed E-state index contributed by atoms with van der Waals surface area (Å²) in [6.07, 6.45) is 0.888. The van der Waals surface area contributed by atoms with Gasteiger partial charge in [-0.05, 0) is 41.1 Å². The van der Waals surface area contributed by atoms with Crippen molar-refractivity contribution in [2.24, 2.45) is 0 Å². The van der Waals surface area contributed by atoms with Crippen molar-refractivity contribution in [3.8, 4) is 0 Å². The third-order valence-electron chi connectivity index (χ3n) is 2.26. The first kappa shape index (κ1) is 10.9. The molecule has 2 aromatic rings. The summed E-state index contributed by atoms with van der Waals surface area (Å²) in [5, 5.41) is 11.2. The number of thiophene rings is 1. The van der Waals surface area contributed by atoms with Gasteiger partial charge < -0.3 is 5.11 Å². The van der Waals surface area contributed by atoms with Gasteiger partial charge in [-0.15, -0.1) is 11.3 Å². The minimum atomic E-state index is 0.140. The zero-order valence-electron chi connectivity index (χ0n) is 8.11. The molecule has 0 aliphatic carbocycles. The van der Waals surface area contributed by atoms with Crippen LogP contribution in [0.2, 0.25) is 0 Å². The third-order valence-corrected chi connectivity index (χ3v) is 3.71. The summed E-state index contributed by atoms with van der Waals surface area (Å²) in [5.41, 5.74) is 2.48. The lowest BCUT2D eigenvalue weighted by Gasteiger charge is -2.02. The van der Waals surface area contributed by atoms with Gasteiger partial charge in [0.1, 0.15) is 0 Å². The molecule has 78 valence electrons. The van der Waals surface area contributed by atoms with Crippen molar-refractivity contribution in [1.29, 1.82) is 0 Å². The SMILES string of the molecule is OCc1sccc1Cc1cccc(Br)c1. The first-order valence-corrected chi connectivity index (χ1v) is 6.37. The quantitative estimate of drug-likeness (QED) is 0.912. The van der Waals surface area contributed by atoms with Gasteiger partial charge in [0.2, 0.25) is 0 Å². The molecule has 1 N–H and O–H groups in total. The molecule has 3 heteroatoms. The van der Waals surface area contributed by atoms with E-state index in [1.807, 2.05) is 17.5 Å². The van der Waals surface area contributed by atoms with E-state index in [0.29, 0.717) is 0 Å². The fraction of sp³-hybridized carbons (Fsp3) is 0.167. The minimum absolute atomic E-state index is 0.140. The van der Waals surface area contributed by atoms with Gasteiger partial charge >= 0.3 is 0 Å². The lowest BCUT2D eigenvalue weighted by atomic mass is 10.1. The summed E-state index contributed by atoms with van der Waals surface area (Å²) in [7, 11) is 0. The lowest BCUT2D eigenvalue weighted by Crippen LogP contribution is -1.90. The van der Waals surface area contributed by atoms with Crippen molar-refractivity contribution < 1.29 is 5.11 Å². The van der Waals surface area contributed by atoms with Crippen LogP contribution in [0.3, 0.4) is 0 Å². The molecule has 1 aromatic heterocycles. The Labute approximate surface area is 102 Å². The van der Waals surface area contributed by atoms with Crippen LogP contribution >= 0.6 is 27.3 Å². The van der Waals surface area contributed by atoms with Crippen molar-refractivity contribution in [3.63, 3.8) is 0 Å². The van der Waals surface area contributed by atoms with E-state index in [2.05, 4.69) is 34.1 Å². The van der Waals surface area contributed by atoms with Gasteiger partial charge in [0.25, 0.3) is 0 Å². The van der Waals surface area contributed by atoms with Crippen LogP contribution in [0.25, 0.3) is 0 Å². The van der Waals surface area contributed by atoms with Gasteiger partial charge in [-0.25, -0.2) is 0 Å². The molecule has 0 fully saturated rings. The molecule has 0 bridgehead atoms. The van der Waals surface area contributed by atoms with Crippen molar-refractivity contribution in [2.45, 2.75) is 13.0 Å². The highest BCUT2D eigenvalue weighted by Gasteiger charge is 2.04. The molecule has 0 spiro atoms. The zero-order chi connectivity index (χ0) is 10.7. The molecule has 1 aromatic carbocycles. The van der Waals surface area contributed by atoms with Crippen LogP contribution in [0, 0.1) is 0 Å². The Morgan fingerprint density at radius 3 is 2.87 bits per heavy atom. The minimum Gasteiger partial charge on any atom is -0.391 e. The van der Waals surface area contributed by atoms with E-state index in [0.717, 1.165) is 15.8 Å². The molecule has 2 rings (SSSR count). The number of hydrogen-bond donors (Lipinski definition) is 1. The maximum Gasteiger partial charge on any atom is 0.0777 e. The van der Waals surface area contributed by atoms with Crippen LogP contribution in [-0.4, -0.2) is 5.11 Å². The summed E-state index contributed by atoms with van der Waals surface area (Å²) in [6, 6.07) is 10.3. The largest absolute Gasteiger partial charge is 0.391 e. The Balaban J connectivity index is 2.22. The Kier molecular flexibility index (Phi) is 3.57. The van der Waals surface area contributed by atoms with E-state index < -0.39 is 0 Å². The average molecular weight is 283 g/mol. The monoisotopic (exact) mass is 282 g/mol. The Morgan fingerprint density at radius 1 is 1.27 bits per heavy atom. The smallest absolute Gasteiger partial charge is 0.0777 e. The van der Waals surface area contributed by atoms with Gasteiger partial charge in [-0.1, -0.05) is 28.1 Å². The zero-order valence-corrected chi connectivity index (χ0v) is 10.5. The molecular formula is C12H11BrOS. The first-order chi connectivity index (χ1) is 7.29. The predicted molar refractivity (Wildman–Crippen MR) is 67.2 cm³/mol. The van der Waals surface area contributed by atoms with Gasteiger partial charge in [0, 0.05) is 9.35 Å². The summed E-state index contributed by atoms with van der Waals surface area (Å²) < 4.78 is 1.10. The molecule has 0 atom stereocenters. The Morgan fingerprint density at radius 2 is 2.13 bits per heavy atom. The van der Waals surface area contributed by atoms with E-state index in [1.54, 1.807) is 11.3 Å². The molecule has 1 heterocycles. The third kappa shape index (κ3) is 2.68. The molecule has 0 saturated heterocycles. The van der Waals surface area contributed by atoms with Gasteiger partial charge in [0.05, 0.1) is 6.61 Å². The Hall–Kier alpha value is -0.640. The van der Waals surface area contributed by atoms with E-state index in [4.69, 9.17) is 5.11 Å². The molecule has 0 saturated carbocycles. The normalized spacial score (nSPS) is 10.5. The number of hydrogen-bond acceptors (Lipinski definition) is 2. The van der Waals surface area contributed by atoms with Crippen molar-refractivity contribution in [2.75, 3.05) is 0 Å². The maximum atomic E-state index is 9.14. The molecule has 15 heavy (non-hydrogen) atoms. The van der Waals surface area contributed by atoms with Gasteiger partial charge in [0.15, 0.2) is 0 Å². The van der Waals surface area contributed by atoms with Crippen LogP contribution in [0.4, 0.5) is 0 Å². The fourth-order valence-corrected chi connectivity index (χ4v) is 2.74. The lowest BCUT2D eigenvalue weighted by molar-refractivity contribution is 0.284. The van der Waals surface area contributed by atoms with Crippen LogP contribution in [0.15, 0.2) is 40.2 Å². The number of rotatable bonds is 3.